The zero-order valence-corrected chi connectivity index (χ0v) is 23.0. The topological polar surface area (TPSA) is 128 Å². The normalized spacial score (nSPS) is 15.1. The zero-order valence-electron chi connectivity index (χ0n) is 19.9. The van der Waals surface area contributed by atoms with Gasteiger partial charge in [0.05, 0.1) is 32.2 Å². The molecule has 4 rings (SSSR count). The number of nitro groups is 2. The predicted molar refractivity (Wildman–Crippen MR) is 142 cm³/mol. The van der Waals surface area contributed by atoms with E-state index in [-0.39, 0.29) is 39.9 Å². The number of carbonyl (C=O) groups is 1. The average molecular weight is 662 g/mol. The third-order valence-corrected chi connectivity index (χ3v) is 6.81. The second-order valence-electron chi connectivity index (χ2n) is 8.40. The number of alkyl halides is 3. The van der Waals surface area contributed by atoms with Crippen LogP contribution in [0.3, 0.4) is 0 Å². The molecule has 0 saturated carbocycles. The molecule has 40 heavy (non-hydrogen) atoms. The third-order valence-electron chi connectivity index (χ3n) is 5.78. The first-order chi connectivity index (χ1) is 18.7. The van der Waals surface area contributed by atoms with Crippen LogP contribution in [0.1, 0.15) is 36.1 Å². The Morgan fingerprint density at radius 3 is 2.12 bits per heavy atom. The molecule has 1 atom stereocenters. The number of hydrogen-bond acceptors (Lipinski definition) is 7. The number of amides is 1. The summed E-state index contributed by atoms with van der Waals surface area (Å²) in [4.78, 5) is 33.5. The Bertz CT molecular complexity index is 1550. The van der Waals surface area contributed by atoms with Crippen LogP contribution in [0.4, 0.5) is 24.5 Å². The molecule has 208 valence electrons. The monoisotopic (exact) mass is 660 g/mol. The highest BCUT2D eigenvalue weighted by atomic mass is 79.9. The van der Waals surface area contributed by atoms with E-state index in [0.717, 1.165) is 9.48 Å². The van der Waals surface area contributed by atoms with Gasteiger partial charge in [-0.05, 0) is 29.8 Å². The zero-order chi connectivity index (χ0) is 29.5. The van der Waals surface area contributed by atoms with Crippen molar-refractivity contribution in [3.05, 3.63) is 100.0 Å². The molecule has 0 N–H and O–H groups in total. The third kappa shape index (κ3) is 5.88. The fourth-order valence-electron chi connectivity index (χ4n) is 4.04. The van der Waals surface area contributed by atoms with Crippen LogP contribution >= 0.6 is 39.1 Å². The van der Waals surface area contributed by atoms with E-state index in [9.17, 15) is 38.2 Å². The summed E-state index contributed by atoms with van der Waals surface area (Å²) in [6, 6.07) is 8.83. The van der Waals surface area contributed by atoms with Crippen LogP contribution in [0.2, 0.25) is 10.0 Å². The van der Waals surface area contributed by atoms with Gasteiger partial charge < -0.3 is 4.74 Å². The summed E-state index contributed by atoms with van der Waals surface area (Å²) in [6.07, 6.45) is -5.03. The fourth-order valence-corrected chi connectivity index (χ4v) is 4.85. The lowest BCUT2D eigenvalue weighted by atomic mass is 9.97. The van der Waals surface area contributed by atoms with Crippen molar-refractivity contribution >= 4 is 62.1 Å². The fraction of sp³-hybridized carbons (Fsp3) is 0.167. The van der Waals surface area contributed by atoms with Gasteiger partial charge in [-0.1, -0.05) is 51.3 Å². The Balaban J connectivity index is 1.88. The number of hydrazone groups is 1. The Kier molecular flexibility index (Phi) is 8.06. The predicted octanol–water partition coefficient (Wildman–Crippen LogP) is 8.08. The highest BCUT2D eigenvalue weighted by Crippen LogP contribution is 2.49. The number of nitrogens with zero attached hydrogens (tertiary/aromatic N) is 4. The molecule has 3 aromatic rings. The van der Waals surface area contributed by atoms with E-state index in [0.29, 0.717) is 11.3 Å². The molecule has 0 saturated heterocycles. The Hall–Kier alpha value is -3.75. The molecule has 10 nitrogen and oxygen atoms in total. The van der Waals surface area contributed by atoms with Crippen molar-refractivity contribution in [2.24, 2.45) is 5.10 Å². The molecule has 3 aromatic carbocycles. The van der Waals surface area contributed by atoms with Crippen molar-refractivity contribution in [2.45, 2.75) is 25.6 Å². The van der Waals surface area contributed by atoms with Crippen LogP contribution in [0.5, 0.6) is 11.5 Å². The van der Waals surface area contributed by atoms with E-state index in [1.54, 1.807) is 24.3 Å². The van der Waals surface area contributed by atoms with E-state index in [4.69, 9.17) is 27.9 Å². The summed E-state index contributed by atoms with van der Waals surface area (Å²) in [5.41, 5.74) is -3.05. The molecule has 1 heterocycles. The molecule has 0 aliphatic carbocycles. The maximum atomic E-state index is 13.4. The van der Waals surface area contributed by atoms with Gasteiger partial charge in [-0.2, -0.15) is 18.3 Å². The van der Waals surface area contributed by atoms with E-state index < -0.39 is 50.7 Å². The summed E-state index contributed by atoms with van der Waals surface area (Å²) in [5.74, 6) is -1.99. The molecule has 0 radical (unpaired) electrons. The van der Waals surface area contributed by atoms with Crippen molar-refractivity contribution in [2.75, 3.05) is 0 Å². The van der Waals surface area contributed by atoms with E-state index in [2.05, 4.69) is 21.0 Å². The molecule has 1 amide bonds. The van der Waals surface area contributed by atoms with Gasteiger partial charge >= 0.3 is 17.6 Å². The van der Waals surface area contributed by atoms with Crippen molar-refractivity contribution in [3.63, 3.8) is 0 Å². The number of halogens is 6. The largest absolute Gasteiger partial charge is 0.442 e. The number of hydrogen-bond donors (Lipinski definition) is 0. The molecule has 0 spiro atoms. The summed E-state index contributed by atoms with van der Waals surface area (Å²) in [5, 5.41) is 28.7. The SMILES string of the molecule is CC(=O)N1N=C(c2ccc(Br)cc2)CC1c1cc(Cl)cc(Cl)c1Oc1c([N+](=O)[O-])cc(C(F)(F)F)cc1[N+](=O)[O-]. The van der Waals surface area contributed by atoms with Crippen LogP contribution < -0.4 is 4.74 Å². The van der Waals surface area contributed by atoms with E-state index in [1.807, 2.05) is 0 Å². The Morgan fingerprint density at radius 2 is 1.62 bits per heavy atom. The van der Waals surface area contributed by atoms with Gasteiger partial charge in [0.1, 0.15) is 0 Å². The van der Waals surface area contributed by atoms with Gasteiger partial charge in [0.2, 0.25) is 5.91 Å². The first-order valence-corrected chi connectivity index (χ1v) is 12.6. The van der Waals surface area contributed by atoms with Crippen molar-refractivity contribution < 1.29 is 32.5 Å². The lowest BCUT2D eigenvalue weighted by Gasteiger charge is -2.24. The first-order valence-electron chi connectivity index (χ1n) is 11.0. The summed E-state index contributed by atoms with van der Waals surface area (Å²) in [7, 11) is 0. The number of ether oxygens (including phenoxy) is 1. The highest BCUT2D eigenvalue weighted by molar-refractivity contribution is 9.10. The van der Waals surface area contributed by atoms with Crippen LogP contribution in [-0.2, 0) is 11.0 Å². The maximum Gasteiger partial charge on any atom is 0.416 e. The van der Waals surface area contributed by atoms with E-state index in [1.165, 1.54) is 19.1 Å². The van der Waals surface area contributed by atoms with Gasteiger partial charge in [0.25, 0.3) is 5.75 Å². The number of carbonyl (C=O) groups excluding carboxylic acids is 1. The van der Waals surface area contributed by atoms with Crippen LogP contribution in [0.15, 0.2) is 58.1 Å². The quantitative estimate of drug-likeness (QED) is 0.194. The van der Waals surface area contributed by atoms with Crippen LogP contribution in [0.25, 0.3) is 0 Å². The molecule has 1 unspecified atom stereocenters. The molecule has 1 aliphatic rings. The van der Waals surface area contributed by atoms with E-state index >= 15 is 0 Å². The number of nitro benzene ring substituents is 2. The number of benzene rings is 3. The number of rotatable bonds is 6. The summed E-state index contributed by atoms with van der Waals surface area (Å²) < 4.78 is 46.5. The highest BCUT2D eigenvalue weighted by Gasteiger charge is 2.40. The van der Waals surface area contributed by atoms with Crippen LogP contribution in [-0.4, -0.2) is 26.5 Å². The van der Waals surface area contributed by atoms with Crippen molar-refractivity contribution in [3.8, 4) is 11.5 Å². The lowest BCUT2D eigenvalue weighted by molar-refractivity contribution is -0.396. The van der Waals surface area contributed by atoms with Gasteiger partial charge in [0.15, 0.2) is 5.75 Å². The molecule has 0 fully saturated rings. The van der Waals surface area contributed by atoms with Crippen molar-refractivity contribution in [1.29, 1.82) is 0 Å². The minimum Gasteiger partial charge on any atom is -0.442 e. The average Bonchev–Trinajstić information content (AvgIpc) is 3.30. The van der Waals surface area contributed by atoms with Crippen molar-refractivity contribution in [1.82, 2.24) is 5.01 Å². The minimum absolute atomic E-state index is 0.0596. The van der Waals surface area contributed by atoms with Gasteiger partial charge in [-0.25, -0.2) is 5.01 Å². The Labute approximate surface area is 241 Å². The van der Waals surface area contributed by atoms with Gasteiger partial charge in [0, 0.05) is 40.5 Å². The van der Waals surface area contributed by atoms with Crippen LogP contribution in [0, 0.1) is 20.2 Å². The lowest BCUT2D eigenvalue weighted by Crippen LogP contribution is -2.24. The van der Waals surface area contributed by atoms with Gasteiger partial charge in [-0.3, -0.25) is 25.0 Å². The molecule has 0 bridgehead atoms. The van der Waals surface area contributed by atoms with Gasteiger partial charge in [-0.15, -0.1) is 0 Å². The smallest absolute Gasteiger partial charge is 0.416 e. The second kappa shape index (κ2) is 11.0. The molecular weight excluding hydrogens is 648 g/mol. The molecule has 0 aromatic heterocycles. The Morgan fingerprint density at radius 1 is 1.05 bits per heavy atom. The second-order valence-corrected chi connectivity index (χ2v) is 10.2. The minimum atomic E-state index is -5.12. The first kappa shape index (κ1) is 29.2. The molecular formula is C24H14BrCl2F3N4O6. The molecule has 16 heteroatoms. The summed E-state index contributed by atoms with van der Waals surface area (Å²) in [6.45, 7) is 1.24. The summed E-state index contributed by atoms with van der Waals surface area (Å²) >= 11 is 15.9. The maximum absolute atomic E-state index is 13.4. The molecule has 1 aliphatic heterocycles. The standard InChI is InChI=1S/C24H14BrCl2F3N4O6/c1-11(35)32-19(10-18(31-32)12-2-4-14(25)5-3-12)16-8-15(26)9-17(27)22(16)40-23-20(33(36)37)6-13(24(28,29)30)7-21(23)34(38)39/h2-9,19H,10H2,1H3.